The number of ether oxygens (including phenoxy) is 2. The lowest BCUT2D eigenvalue weighted by Crippen LogP contribution is -2.32. The second-order valence-corrected chi connectivity index (χ2v) is 7.26. The van der Waals surface area contributed by atoms with Crippen LogP contribution in [0.4, 0.5) is 5.69 Å². The highest BCUT2D eigenvalue weighted by atomic mass is 16.5. The molecule has 0 radical (unpaired) electrons. The number of nitrogens with zero attached hydrogens (tertiary/aromatic N) is 1. The number of fused-ring (bicyclic) bond motifs is 1. The minimum atomic E-state index is -0.173. The Morgan fingerprint density at radius 2 is 1.68 bits per heavy atom. The van der Waals surface area contributed by atoms with Crippen LogP contribution < -0.4 is 14.8 Å². The molecular weight excluding hydrogens is 312 g/mol. The maximum absolute atomic E-state index is 5.48. The molecule has 0 saturated heterocycles. The van der Waals surface area contributed by atoms with Crippen molar-refractivity contribution < 1.29 is 9.47 Å². The second-order valence-electron chi connectivity index (χ2n) is 7.26. The van der Waals surface area contributed by atoms with Gasteiger partial charge in [0.05, 0.1) is 19.8 Å². The van der Waals surface area contributed by atoms with Gasteiger partial charge in [0.25, 0.3) is 0 Å². The maximum Gasteiger partial charge on any atom is 0.161 e. The van der Waals surface area contributed by atoms with Gasteiger partial charge in [0.2, 0.25) is 0 Å². The molecule has 1 N–H and O–H groups in total. The molecule has 0 unspecified atom stereocenters. The monoisotopic (exact) mass is 338 g/mol. The summed E-state index contributed by atoms with van der Waals surface area (Å²) < 4.78 is 11.0. The van der Waals surface area contributed by atoms with E-state index in [1.807, 2.05) is 6.07 Å². The van der Waals surface area contributed by atoms with Crippen LogP contribution in [0.15, 0.2) is 35.3 Å². The van der Waals surface area contributed by atoms with Gasteiger partial charge in [-0.05, 0) is 63.4 Å². The topological polar surface area (TPSA) is 42.9 Å². The normalized spacial score (nSPS) is 15.2. The van der Waals surface area contributed by atoms with Crippen LogP contribution in [0, 0.1) is 13.8 Å². The van der Waals surface area contributed by atoms with Crippen molar-refractivity contribution in [3.05, 3.63) is 52.6 Å². The molecule has 0 atom stereocenters. The van der Waals surface area contributed by atoms with Crippen LogP contribution >= 0.6 is 0 Å². The van der Waals surface area contributed by atoms with Gasteiger partial charge in [-0.1, -0.05) is 17.7 Å². The Morgan fingerprint density at radius 3 is 2.32 bits per heavy atom. The first-order chi connectivity index (χ1) is 11.8. The molecule has 0 saturated carbocycles. The zero-order chi connectivity index (χ0) is 18.2. The number of amidine groups is 1. The van der Waals surface area contributed by atoms with E-state index in [1.54, 1.807) is 14.2 Å². The van der Waals surface area contributed by atoms with E-state index in [9.17, 15) is 0 Å². The molecule has 0 aliphatic carbocycles. The van der Waals surface area contributed by atoms with Gasteiger partial charge >= 0.3 is 0 Å². The van der Waals surface area contributed by atoms with Gasteiger partial charge in [-0.3, -0.25) is 4.99 Å². The average molecular weight is 338 g/mol. The molecule has 0 amide bonds. The molecule has 0 spiro atoms. The number of methoxy groups -OCH3 is 2. The quantitative estimate of drug-likeness (QED) is 0.895. The third kappa shape index (κ3) is 3.48. The largest absolute Gasteiger partial charge is 0.493 e. The minimum Gasteiger partial charge on any atom is -0.493 e. The summed E-state index contributed by atoms with van der Waals surface area (Å²) in [5, 5.41) is 3.53. The van der Waals surface area contributed by atoms with Crippen LogP contribution in [0.1, 0.15) is 36.1 Å². The van der Waals surface area contributed by atoms with E-state index in [2.05, 4.69) is 57.3 Å². The Hall–Kier alpha value is -2.49. The fraction of sp³-hybridized carbons (Fsp3) is 0.381. The smallest absolute Gasteiger partial charge is 0.161 e. The molecule has 1 aliphatic rings. The van der Waals surface area contributed by atoms with Crippen molar-refractivity contribution in [2.45, 2.75) is 39.7 Å². The molecule has 0 bridgehead atoms. The van der Waals surface area contributed by atoms with Crippen molar-refractivity contribution in [3.8, 4) is 11.5 Å². The summed E-state index contributed by atoms with van der Waals surface area (Å²) in [7, 11) is 3.33. The maximum atomic E-state index is 5.48. The molecule has 2 aromatic rings. The predicted molar refractivity (Wildman–Crippen MR) is 103 cm³/mol. The number of rotatable bonds is 3. The highest BCUT2D eigenvalue weighted by Gasteiger charge is 2.28. The fourth-order valence-corrected chi connectivity index (χ4v) is 3.33. The summed E-state index contributed by atoms with van der Waals surface area (Å²) in [6.07, 6.45) is 0.862. The van der Waals surface area contributed by atoms with Gasteiger partial charge in [0.1, 0.15) is 5.84 Å². The van der Waals surface area contributed by atoms with E-state index in [-0.39, 0.29) is 5.54 Å². The zero-order valence-electron chi connectivity index (χ0n) is 15.9. The number of hydrogen-bond acceptors (Lipinski definition) is 4. The van der Waals surface area contributed by atoms with Crippen LogP contribution in [-0.4, -0.2) is 25.6 Å². The van der Waals surface area contributed by atoms with Crippen molar-refractivity contribution in [2.75, 3.05) is 19.5 Å². The minimum absolute atomic E-state index is 0.173. The molecule has 4 nitrogen and oxygen atoms in total. The van der Waals surface area contributed by atoms with Crippen molar-refractivity contribution >= 4 is 11.5 Å². The molecule has 25 heavy (non-hydrogen) atoms. The standard InChI is InChI=1S/C21H26N2O2/c1-13-7-8-17(14(2)9-13)22-20-16-11-19(25-6)18(24-5)10-15(16)12-21(3,4)23-20/h7-11H,12H2,1-6H3,(H,22,23). The summed E-state index contributed by atoms with van der Waals surface area (Å²) in [5.41, 5.74) is 5.63. The first-order valence-electron chi connectivity index (χ1n) is 8.52. The SMILES string of the molecule is COc1cc2c(cc1OC)C(Nc1ccc(C)cc1C)=NC(C)(C)C2. The van der Waals surface area contributed by atoms with Gasteiger partial charge in [0, 0.05) is 11.3 Å². The summed E-state index contributed by atoms with van der Waals surface area (Å²) in [6.45, 7) is 8.51. The van der Waals surface area contributed by atoms with E-state index >= 15 is 0 Å². The summed E-state index contributed by atoms with van der Waals surface area (Å²) in [6, 6.07) is 10.5. The third-order valence-electron chi connectivity index (χ3n) is 4.54. The highest BCUT2D eigenvalue weighted by Crippen LogP contribution is 2.36. The first-order valence-corrected chi connectivity index (χ1v) is 8.52. The predicted octanol–water partition coefficient (Wildman–Crippen LogP) is 4.51. The first kappa shape index (κ1) is 17.3. The number of benzene rings is 2. The van der Waals surface area contributed by atoms with E-state index in [4.69, 9.17) is 14.5 Å². The highest BCUT2D eigenvalue weighted by molar-refractivity contribution is 6.10. The molecule has 0 fully saturated rings. The van der Waals surface area contributed by atoms with E-state index in [1.165, 1.54) is 16.7 Å². The number of anilines is 1. The molecule has 4 heteroatoms. The molecule has 2 aromatic carbocycles. The summed E-state index contributed by atoms with van der Waals surface area (Å²) >= 11 is 0. The van der Waals surface area contributed by atoms with Crippen LogP contribution in [0.25, 0.3) is 0 Å². The Balaban J connectivity index is 2.08. The summed E-state index contributed by atoms with van der Waals surface area (Å²) in [5.74, 6) is 2.35. The van der Waals surface area contributed by atoms with Crippen molar-refractivity contribution in [2.24, 2.45) is 4.99 Å². The Bertz CT molecular complexity index is 838. The van der Waals surface area contributed by atoms with Crippen LogP contribution in [0.5, 0.6) is 11.5 Å². The van der Waals surface area contributed by atoms with Crippen LogP contribution in [0.2, 0.25) is 0 Å². The van der Waals surface area contributed by atoms with E-state index in [0.29, 0.717) is 0 Å². The Morgan fingerprint density at radius 1 is 1.00 bits per heavy atom. The lowest BCUT2D eigenvalue weighted by molar-refractivity contribution is 0.353. The number of aryl methyl sites for hydroxylation is 2. The Labute approximate surface area is 149 Å². The number of nitrogens with one attached hydrogen (secondary N) is 1. The molecular formula is C21H26N2O2. The molecule has 1 aliphatic heterocycles. The summed E-state index contributed by atoms with van der Waals surface area (Å²) in [4.78, 5) is 4.95. The van der Waals surface area contributed by atoms with E-state index in [0.717, 1.165) is 35.0 Å². The third-order valence-corrected chi connectivity index (χ3v) is 4.54. The lowest BCUT2D eigenvalue weighted by atomic mass is 9.88. The van der Waals surface area contributed by atoms with Gasteiger partial charge in [-0.2, -0.15) is 0 Å². The van der Waals surface area contributed by atoms with Crippen molar-refractivity contribution in [1.82, 2.24) is 0 Å². The average Bonchev–Trinajstić information content (AvgIpc) is 2.55. The van der Waals surface area contributed by atoms with Crippen molar-refractivity contribution in [3.63, 3.8) is 0 Å². The van der Waals surface area contributed by atoms with Gasteiger partial charge in [0.15, 0.2) is 11.5 Å². The molecule has 3 rings (SSSR count). The van der Waals surface area contributed by atoms with Gasteiger partial charge < -0.3 is 14.8 Å². The van der Waals surface area contributed by atoms with Gasteiger partial charge in [-0.15, -0.1) is 0 Å². The Kier molecular flexibility index (Phi) is 4.46. The van der Waals surface area contributed by atoms with E-state index < -0.39 is 0 Å². The number of hydrogen-bond donors (Lipinski definition) is 1. The lowest BCUT2D eigenvalue weighted by Gasteiger charge is -2.30. The molecule has 1 heterocycles. The fourth-order valence-electron chi connectivity index (χ4n) is 3.33. The van der Waals surface area contributed by atoms with Crippen molar-refractivity contribution in [1.29, 1.82) is 0 Å². The number of aliphatic imine (C=N–C) groups is 1. The second kappa shape index (κ2) is 6.43. The zero-order valence-corrected chi connectivity index (χ0v) is 15.9. The van der Waals surface area contributed by atoms with Crippen LogP contribution in [-0.2, 0) is 6.42 Å². The molecule has 132 valence electrons. The van der Waals surface area contributed by atoms with Gasteiger partial charge in [-0.25, -0.2) is 0 Å². The van der Waals surface area contributed by atoms with Crippen LogP contribution in [0.3, 0.4) is 0 Å². The molecule has 0 aromatic heterocycles.